The number of aliphatic hydroxyl groups excluding tert-OH is 1. The van der Waals surface area contributed by atoms with Gasteiger partial charge in [0.15, 0.2) is 0 Å². The number of hydrogen-bond acceptors (Lipinski definition) is 4. The van der Waals surface area contributed by atoms with E-state index in [0.717, 1.165) is 51.1 Å². The van der Waals surface area contributed by atoms with Gasteiger partial charge in [0, 0.05) is 36.1 Å². The number of halogens is 1. The first-order chi connectivity index (χ1) is 13.7. The van der Waals surface area contributed by atoms with Crippen molar-refractivity contribution in [3.8, 4) is 0 Å². The smallest absolute Gasteiger partial charge is 0.0790 e. The van der Waals surface area contributed by atoms with E-state index in [2.05, 4.69) is 41.0 Å². The zero-order valence-electron chi connectivity index (χ0n) is 16.7. The number of piperazine rings is 1. The zero-order valence-corrected chi connectivity index (χ0v) is 18.3. The van der Waals surface area contributed by atoms with Gasteiger partial charge in [0.2, 0.25) is 0 Å². The Kier molecular flexibility index (Phi) is 8.53. The fraction of sp³-hybridized carbons (Fsp3) is 0.478. The minimum atomic E-state index is -0.402. The summed E-state index contributed by atoms with van der Waals surface area (Å²) in [5.41, 5.74) is 2.34. The van der Waals surface area contributed by atoms with Gasteiger partial charge in [0.25, 0.3) is 0 Å². The molecule has 1 saturated heterocycles. The third-order valence-corrected chi connectivity index (χ3v) is 6.77. The predicted octanol–water partition coefficient (Wildman–Crippen LogP) is 5.48. The molecule has 1 unspecified atom stereocenters. The minimum absolute atomic E-state index is 0.402. The molecule has 1 aliphatic heterocycles. The maximum atomic E-state index is 10.4. The molecule has 5 heteroatoms. The molecular weight excluding hydrogens is 388 g/mol. The largest absolute Gasteiger partial charge is 0.388 e. The van der Waals surface area contributed by atoms with Crippen molar-refractivity contribution >= 4 is 29.1 Å². The van der Waals surface area contributed by atoms with Crippen LogP contribution in [-0.2, 0) is 0 Å². The van der Waals surface area contributed by atoms with Crippen LogP contribution in [0.5, 0.6) is 0 Å². The van der Waals surface area contributed by atoms with E-state index in [1.54, 1.807) is 0 Å². The standard InChI is InChI=1S/C23H31ClN2OS/c1-2-18-28-23-8-4-3-6-21(23)26-16-14-25(15-17-26)13-5-7-22(27)19-9-11-20(24)12-10-19/h3-4,6,8-12,22,27H,2,5,7,13-18H2,1H3. The van der Waals surface area contributed by atoms with Crippen molar-refractivity contribution in [2.24, 2.45) is 0 Å². The van der Waals surface area contributed by atoms with E-state index in [4.69, 9.17) is 11.6 Å². The van der Waals surface area contributed by atoms with Crippen molar-refractivity contribution in [3.63, 3.8) is 0 Å². The highest BCUT2D eigenvalue weighted by atomic mass is 35.5. The van der Waals surface area contributed by atoms with Crippen molar-refractivity contribution in [1.82, 2.24) is 4.90 Å². The topological polar surface area (TPSA) is 26.7 Å². The summed E-state index contributed by atoms with van der Waals surface area (Å²) >= 11 is 7.89. The first-order valence-corrected chi connectivity index (χ1v) is 11.7. The van der Waals surface area contributed by atoms with Gasteiger partial charge in [0.1, 0.15) is 0 Å². The SMILES string of the molecule is CCCSc1ccccc1N1CCN(CCCC(O)c2ccc(Cl)cc2)CC1. The maximum Gasteiger partial charge on any atom is 0.0790 e. The van der Waals surface area contributed by atoms with E-state index in [0.29, 0.717) is 5.02 Å². The maximum absolute atomic E-state index is 10.4. The molecule has 0 saturated carbocycles. The van der Waals surface area contributed by atoms with Crippen LogP contribution in [0, 0.1) is 0 Å². The van der Waals surface area contributed by atoms with Gasteiger partial charge in [-0.2, -0.15) is 0 Å². The Morgan fingerprint density at radius 3 is 2.46 bits per heavy atom. The van der Waals surface area contributed by atoms with E-state index < -0.39 is 6.10 Å². The molecule has 1 fully saturated rings. The summed E-state index contributed by atoms with van der Waals surface area (Å²) in [6.07, 6.45) is 2.60. The monoisotopic (exact) mass is 418 g/mol. The van der Waals surface area contributed by atoms with Crippen LogP contribution in [0.2, 0.25) is 5.02 Å². The van der Waals surface area contributed by atoms with Gasteiger partial charge in [0.05, 0.1) is 11.8 Å². The highest BCUT2D eigenvalue weighted by molar-refractivity contribution is 7.99. The van der Waals surface area contributed by atoms with E-state index in [1.165, 1.54) is 22.8 Å². The summed E-state index contributed by atoms with van der Waals surface area (Å²) in [7, 11) is 0. The lowest BCUT2D eigenvalue weighted by Gasteiger charge is -2.37. The van der Waals surface area contributed by atoms with Crippen LogP contribution < -0.4 is 4.90 Å². The quantitative estimate of drug-likeness (QED) is 0.545. The first-order valence-electron chi connectivity index (χ1n) is 10.3. The predicted molar refractivity (Wildman–Crippen MR) is 122 cm³/mol. The summed E-state index contributed by atoms with van der Waals surface area (Å²) in [5.74, 6) is 1.17. The van der Waals surface area contributed by atoms with Crippen molar-refractivity contribution < 1.29 is 5.11 Å². The van der Waals surface area contributed by atoms with E-state index in [1.807, 2.05) is 36.0 Å². The molecule has 28 heavy (non-hydrogen) atoms. The lowest BCUT2D eigenvalue weighted by atomic mass is 10.0. The van der Waals surface area contributed by atoms with E-state index >= 15 is 0 Å². The molecule has 1 N–H and O–H groups in total. The second-order valence-electron chi connectivity index (χ2n) is 7.35. The van der Waals surface area contributed by atoms with Gasteiger partial charge < -0.3 is 10.0 Å². The molecule has 2 aromatic carbocycles. The number of aliphatic hydroxyl groups is 1. The molecule has 0 bridgehead atoms. The molecule has 0 aliphatic carbocycles. The van der Waals surface area contributed by atoms with Crippen LogP contribution in [-0.4, -0.2) is 48.5 Å². The van der Waals surface area contributed by atoms with E-state index in [-0.39, 0.29) is 0 Å². The summed E-state index contributed by atoms with van der Waals surface area (Å²) < 4.78 is 0. The number of rotatable bonds is 9. The number of thioether (sulfide) groups is 1. The molecule has 152 valence electrons. The minimum Gasteiger partial charge on any atom is -0.388 e. The van der Waals surface area contributed by atoms with Crippen LogP contribution in [0.4, 0.5) is 5.69 Å². The van der Waals surface area contributed by atoms with Crippen LogP contribution in [0.25, 0.3) is 0 Å². The van der Waals surface area contributed by atoms with Crippen molar-refractivity contribution in [3.05, 3.63) is 59.1 Å². The number of nitrogens with zero attached hydrogens (tertiary/aromatic N) is 2. The zero-order chi connectivity index (χ0) is 19.8. The fourth-order valence-corrected chi connectivity index (χ4v) is 4.69. The van der Waals surface area contributed by atoms with Gasteiger partial charge in [-0.05, 0) is 61.4 Å². The van der Waals surface area contributed by atoms with Gasteiger partial charge in [-0.25, -0.2) is 0 Å². The Balaban J connectivity index is 1.43. The molecular formula is C23H31ClN2OS. The molecule has 1 atom stereocenters. The Labute approximate surface area is 178 Å². The normalized spacial score (nSPS) is 16.3. The lowest BCUT2D eigenvalue weighted by molar-refractivity contribution is 0.154. The number of anilines is 1. The average Bonchev–Trinajstić information content (AvgIpc) is 2.73. The van der Waals surface area contributed by atoms with Gasteiger partial charge >= 0.3 is 0 Å². The number of para-hydroxylation sites is 1. The van der Waals surface area contributed by atoms with Crippen LogP contribution >= 0.6 is 23.4 Å². The van der Waals surface area contributed by atoms with E-state index in [9.17, 15) is 5.11 Å². The Morgan fingerprint density at radius 1 is 1.04 bits per heavy atom. The lowest BCUT2D eigenvalue weighted by Crippen LogP contribution is -2.46. The molecule has 1 heterocycles. The van der Waals surface area contributed by atoms with Gasteiger partial charge in [-0.15, -0.1) is 11.8 Å². The second kappa shape index (κ2) is 11.1. The Bertz CT molecular complexity index is 717. The molecule has 1 aliphatic rings. The summed E-state index contributed by atoms with van der Waals surface area (Å²) in [6, 6.07) is 16.3. The fourth-order valence-electron chi connectivity index (χ4n) is 3.62. The highest BCUT2D eigenvalue weighted by Gasteiger charge is 2.19. The number of hydrogen-bond donors (Lipinski definition) is 1. The Hall–Kier alpha value is -1.20. The van der Waals surface area contributed by atoms with Gasteiger partial charge in [-0.3, -0.25) is 4.90 Å². The van der Waals surface area contributed by atoms with Crippen LogP contribution in [0.15, 0.2) is 53.4 Å². The van der Waals surface area contributed by atoms with Crippen molar-refractivity contribution in [2.45, 2.75) is 37.2 Å². The van der Waals surface area contributed by atoms with Crippen LogP contribution in [0.3, 0.4) is 0 Å². The van der Waals surface area contributed by atoms with Crippen molar-refractivity contribution in [1.29, 1.82) is 0 Å². The first kappa shape index (κ1) is 21.5. The molecule has 2 aromatic rings. The third-order valence-electron chi connectivity index (χ3n) is 5.25. The number of benzene rings is 2. The molecule has 0 spiro atoms. The third kappa shape index (κ3) is 6.15. The molecule has 0 radical (unpaired) electrons. The summed E-state index contributed by atoms with van der Waals surface area (Å²) in [6.45, 7) is 7.60. The van der Waals surface area contributed by atoms with Crippen molar-refractivity contribution in [2.75, 3.05) is 43.4 Å². The molecule has 3 nitrogen and oxygen atoms in total. The average molecular weight is 419 g/mol. The van der Waals surface area contributed by atoms with Crippen LogP contribution in [0.1, 0.15) is 37.9 Å². The Morgan fingerprint density at radius 2 is 1.75 bits per heavy atom. The highest BCUT2D eigenvalue weighted by Crippen LogP contribution is 2.31. The van der Waals surface area contributed by atoms with Gasteiger partial charge in [-0.1, -0.05) is 42.8 Å². The molecule has 0 aromatic heterocycles. The molecule has 3 rings (SSSR count). The second-order valence-corrected chi connectivity index (χ2v) is 8.93. The molecule has 0 amide bonds. The summed E-state index contributed by atoms with van der Waals surface area (Å²) in [5, 5.41) is 11.1. The summed E-state index contributed by atoms with van der Waals surface area (Å²) in [4.78, 5) is 6.45.